The summed E-state index contributed by atoms with van der Waals surface area (Å²) in [6.45, 7) is 5.22. The van der Waals surface area contributed by atoms with Gasteiger partial charge in [0.05, 0.1) is 5.92 Å². The van der Waals surface area contributed by atoms with Crippen LogP contribution in [0.15, 0.2) is 46.9 Å². The van der Waals surface area contributed by atoms with Crippen molar-refractivity contribution in [2.24, 2.45) is 0 Å². The van der Waals surface area contributed by atoms with Crippen LogP contribution in [-0.4, -0.2) is 34.2 Å². The summed E-state index contributed by atoms with van der Waals surface area (Å²) >= 11 is 0. The molecule has 4 rings (SSSR count). The van der Waals surface area contributed by atoms with E-state index >= 15 is 0 Å². The molecule has 0 saturated carbocycles. The van der Waals surface area contributed by atoms with Crippen LogP contribution in [0, 0.1) is 19.7 Å². The molecule has 1 saturated heterocycles. The quantitative estimate of drug-likeness (QED) is 0.686. The first-order valence-corrected chi connectivity index (χ1v) is 9.71. The lowest BCUT2D eigenvalue weighted by atomic mass is 9.98. The molecular weight excluding hydrogens is 371 g/mol. The third-order valence-electron chi connectivity index (χ3n) is 5.06. The van der Waals surface area contributed by atoms with Crippen LogP contribution in [0.25, 0.3) is 11.5 Å². The Bertz CT molecular complexity index is 996. The summed E-state index contributed by atoms with van der Waals surface area (Å²) in [7, 11) is 0. The molecule has 0 radical (unpaired) electrons. The van der Waals surface area contributed by atoms with Crippen LogP contribution in [0.1, 0.15) is 35.8 Å². The number of urea groups is 1. The lowest BCUT2D eigenvalue weighted by Crippen LogP contribution is -2.41. The van der Waals surface area contributed by atoms with Crippen molar-refractivity contribution in [3.05, 3.63) is 65.3 Å². The number of benzene rings is 2. The van der Waals surface area contributed by atoms with Gasteiger partial charge in [-0.05, 0) is 74.2 Å². The molecule has 2 aromatic carbocycles. The number of piperidine rings is 1. The fourth-order valence-corrected chi connectivity index (χ4v) is 3.72. The molecule has 0 bridgehead atoms. The number of carbonyl (C=O) groups excluding carboxylic acids is 1. The summed E-state index contributed by atoms with van der Waals surface area (Å²) in [5, 5.41) is 11.2. The molecule has 0 aliphatic carbocycles. The van der Waals surface area contributed by atoms with Gasteiger partial charge in [0, 0.05) is 24.3 Å². The number of amides is 2. The zero-order valence-corrected chi connectivity index (χ0v) is 16.5. The average molecular weight is 394 g/mol. The van der Waals surface area contributed by atoms with Crippen molar-refractivity contribution < 1.29 is 13.6 Å². The molecule has 1 aliphatic heterocycles. The highest BCUT2D eigenvalue weighted by Gasteiger charge is 2.28. The van der Waals surface area contributed by atoms with Gasteiger partial charge in [-0.2, -0.15) is 0 Å². The van der Waals surface area contributed by atoms with E-state index in [1.54, 1.807) is 17.0 Å². The minimum Gasteiger partial charge on any atom is -0.420 e. The standard InChI is InChI=1S/C22H23FN4O2/c1-14-10-15(2)12-19(11-14)24-22(28)27-9-3-4-17(13-27)21-26-25-20(29-21)16-5-7-18(23)8-6-16/h5-8,10-12,17H,3-4,9,13H2,1-2H3,(H,24,28). The second-order valence-electron chi connectivity index (χ2n) is 7.54. The van der Waals surface area contributed by atoms with Crippen LogP contribution in [0.2, 0.25) is 0 Å². The summed E-state index contributed by atoms with van der Waals surface area (Å²) in [6.07, 6.45) is 1.73. The summed E-state index contributed by atoms with van der Waals surface area (Å²) in [6, 6.07) is 11.8. The van der Waals surface area contributed by atoms with E-state index in [1.165, 1.54) is 12.1 Å². The summed E-state index contributed by atoms with van der Waals surface area (Å²) in [5.74, 6) is 0.534. The van der Waals surface area contributed by atoms with Crippen LogP contribution in [0.3, 0.4) is 0 Å². The van der Waals surface area contributed by atoms with Gasteiger partial charge >= 0.3 is 6.03 Å². The number of carbonyl (C=O) groups is 1. The molecule has 1 aliphatic rings. The number of likely N-dealkylation sites (tertiary alicyclic amines) is 1. The summed E-state index contributed by atoms with van der Waals surface area (Å²) in [5.41, 5.74) is 3.68. The second-order valence-corrected chi connectivity index (χ2v) is 7.54. The molecule has 29 heavy (non-hydrogen) atoms. The number of nitrogens with one attached hydrogen (secondary N) is 1. The van der Waals surface area contributed by atoms with E-state index in [-0.39, 0.29) is 17.8 Å². The predicted molar refractivity (Wildman–Crippen MR) is 108 cm³/mol. The maximum atomic E-state index is 13.1. The van der Waals surface area contributed by atoms with Crippen molar-refractivity contribution >= 4 is 11.7 Å². The molecule has 150 valence electrons. The highest BCUT2D eigenvalue weighted by atomic mass is 19.1. The van der Waals surface area contributed by atoms with Crippen molar-refractivity contribution in [2.75, 3.05) is 18.4 Å². The molecule has 6 nitrogen and oxygen atoms in total. The first-order valence-electron chi connectivity index (χ1n) is 9.71. The van der Waals surface area contributed by atoms with Crippen LogP contribution >= 0.6 is 0 Å². The van der Waals surface area contributed by atoms with E-state index in [0.29, 0.717) is 30.4 Å². The van der Waals surface area contributed by atoms with Crippen molar-refractivity contribution in [3.8, 4) is 11.5 Å². The zero-order valence-electron chi connectivity index (χ0n) is 16.5. The van der Waals surface area contributed by atoms with E-state index in [2.05, 4.69) is 21.6 Å². The molecule has 1 N–H and O–H groups in total. The van der Waals surface area contributed by atoms with Crippen molar-refractivity contribution in [3.63, 3.8) is 0 Å². The monoisotopic (exact) mass is 394 g/mol. The van der Waals surface area contributed by atoms with Gasteiger partial charge in [0.15, 0.2) is 0 Å². The maximum absolute atomic E-state index is 13.1. The lowest BCUT2D eigenvalue weighted by Gasteiger charge is -2.31. The average Bonchev–Trinajstić information content (AvgIpc) is 3.18. The van der Waals surface area contributed by atoms with Crippen LogP contribution < -0.4 is 5.32 Å². The number of nitrogens with zero attached hydrogens (tertiary/aromatic N) is 3. The van der Waals surface area contributed by atoms with Crippen molar-refractivity contribution in [1.29, 1.82) is 0 Å². The molecule has 3 aromatic rings. The minimum atomic E-state index is -0.314. The molecule has 7 heteroatoms. The van der Waals surface area contributed by atoms with Gasteiger partial charge in [-0.25, -0.2) is 9.18 Å². The number of hydrogen-bond acceptors (Lipinski definition) is 4. The van der Waals surface area contributed by atoms with Crippen LogP contribution in [0.5, 0.6) is 0 Å². The van der Waals surface area contributed by atoms with E-state index < -0.39 is 0 Å². The SMILES string of the molecule is Cc1cc(C)cc(NC(=O)N2CCCC(c3nnc(-c4ccc(F)cc4)o3)C2)c1. The predicted octanol–water partition coefficient (Wildman–Crippen LogP) is 4.90. The summed E-state index contributed by atoms with van der Waals surface area (Å²) in [4.78, 5) is 14.5. The zero-order chi connectivity index (χ0) is 20.4. The van der Waals surface area contributed by atoms with E-state index in [4.69, 9.17) is 4.42 Å². The Morgan fingerprint density at radius 2 is 1.86 bits per heavy atom. The summed E-state index contributed by atoms with van der Waals surface area (Å²) < 4.78 is 18.9. The van der Waals surface area contributed by atoms with Crippen molar-refractivity contribution in [1.82, 2.24) is 15.1 Å². The molecule has 2 amide bonds. The van der Waals surface area contributed by atoms with E-state index in [1.807, 2.05) is 26.0 Å². The largest absolute Gasteiger partial charge is 0.420 e. The van der Waals surface area contributed by atoms with Crippen molar-refractivity contribution in [2.45, 2.75) is 32.6 Å². The molecule has 2 heterocycles. The number of aromatic nitrogens is 2. The third-order valence-corrected chi connectivity index (χ3v) is 5.06. The third kappa shape index (κ3) is 4.45. The Kier molecular flexibility index (Phi) is 5.29. The maximum Gasteiger partial charge on any atom is 0.321 e. The fourth-order valence-electron chi connectivity index (χ4n) is 3.72. The molecule has 0 spiro atoms. The number of halogens is 1. The second kappa shape index (κ2) is 8.03. The molecule has 1 atom stereocenters. The van der Waals surface area contributed by atoms with Gasteiger partial charge in [-0.1, -0.05) is 6.07 Å². The minimum absolute atomic E-state index is 0.0181. The molecule has 1 fully saturated rings. The van der Waals surface area contributed by atoms with Gasteiger partial charge in [0.1, 0.15) is 5.82 Å². The Hall–Kier alpha value is -3.22. The molecule has 1 unspecified atom stereocenters. The van der Waals surface area contributed by atoms with Gasteiger partial charge in [0.2, 0.25) is 11.8 Å². The Balaban J connectivity index is 1.44. The van der Waals surface area contributed by atoms with Crippen LogP contribution in [0.4, 0.5) is 14.9 Å². The van der Waals surface area contributed by atoms with Gasteiger partial charge in [0.25, 0.3) is 0 Å². The van der Waals surface area contributed by atoms with E-state index in [9.17, 15) is 9.18 Å². The normalized spacial score (nSPS) is 16.7. The van der Waals surface area contributed by atoms with Crippen LogP contribution in [-0.2, 0) is 0 Å². The molecule has 1 aromatic heterocycles. The number of anilines is 1. The van der Waals surface area contributed by atoms with Gasteiger partial charge in [-0.3, -0.25) is 0 Å². The first-order chi connectivity index (χ1) is 14.0. The highest BCUT2D eigenvalue weighted by Crippen LogP contribution is 2.29. The highest BCUT2D eigenvalue weighted by molar-refractivity contribution is 5.89. The number of hydrogen-bond donors (Lipinski definition) is 1. The number of rotatable bonds is 3. The first kappa shape index (κ1) is 19.1. The topological polar surface area (TPSA) is 71.3 Å². The van der Waals surface area contributed by atoms with Gasteiger partial charge in [-0.15, -0.1) is 10.2 Å². The van der Waals surface area contributed by atoms with Gasteiger partial charge < -0.3 is 14.6 Å². The molecular formula is C22H23FN4O2. The smallest absolute Gasteiger partial charge is 0.321 e. The lowest BCUT2D eigenvalue weighted by molar-refractivity contribution is 0.187. The number of aryl methyl sites for hydroxylation is 2. The Morgan fingerprint density at radius 3 is 2.59 bits per heavy atom. The fraction of sp³-hybridized carbons (Fsp3) is 0.318. The Morgan fingerprint density at radius 1 is 1.14 bits per heavy atom. The van der Waals surface area contributed by atoms with E-state index in [0.717, 1.165) is 29.7 Å². The Labute approximate surface area is 168 Å².